The average molecular weight is 188 g/mol. The molecule has 0 fully saturated rings. The van der Waals surface area contributed by atoms with Crippen LogP contribution in [0, 0.1) is 0 Å². The summed E-state index contributed by atoms with van der Waals surface area (Å²) >= 11 is 0. The molecule has 0 bridgehead atoms. The van der Waals surface area contributed by atoms with E-state index in [2.05, 4.69) is 0 Å². The van der Waals surface area contributed by atoms with E-state index in [0.717, 1.165) is 0 Å². The van der Waals surface area contributed by atoms with Crippen molar-refractivity contribution in [2.45, 2.75) is 0 Å². The van der Waals surface area contributed by atoms with Crippen LogP contribution in [0.15, 0.2) is 0 Å². The van der Waals surface area contributed by atoms with Gasteiger partial charge in [0.1, 0.15) is 0 Å². The quantitative estimate of drug-likeness (QED) is 0.375. The van der Waals surface area contributed by atoms with E-state index in [4.69, 9.17) is 20.4 Å². The van der Waals surface area contributed by atoms with Crippen LogP contribution in [0.5, 0.6) is 0 Å². The van der Waals surface area contributed by atoms with E-state index in [-0.39, 0.29) is 43.5 Å². The van der Waals surface area contributed by atoms with E-state index >= 15 is 0 Å². The molecule has 9 heavy (non-hydrogen) atoms. The molecule has 0 aliphatic carbocycles. The van der Waals surface area contributed by atoms with E-state index in [1.54, 1.807) is 0 Å². The molecule has 0 aromatic heterocycles. The second-order valence-electron chi connectivity index (χ2n) is 0.894. The van der Waals surface area contributed by atoms with Crippen molar-refractivity contribution in [3.05, 3.63) is 0 Å². The number of hydrogen-bond donors (Lipinski definition) is 4. The fourth-order valence-corrected chi connectivity index (χ4v) is 0. The Kier molecular flexibility index (Phi) is 42.8. The van der Waals surface area contributed by atoms with Crippen LogP contribution in [-0.2, 0) is 17.1 Å². The Morgan fingerprint density at radius 1 is 0.556 bits per heavy atom. The third kappa shape index (κ3) is 60.7. The summed E-state index contributed by atoms with van der Waals surface area (Å²) in [6.45, 7) is -0.500. The van der Waals surface area contributed by atoms with Gasteiger partial charge < -0.3 is 20.4 Å². The number of aliphatic hydroxyl groups is 4. The zero-order valence-corrected chi connectivity index (χ0v) is 5.86. The van der Waals surface area contributed by atoms with Crippen molar-refractivity contribution >= 4 is 0 Å². The number of aliphatic hydroxyl groups excluding tert-OH is 4. The predicted molar refractivity (Wildman–Crippen MR) is 28.3 cm³/mol. The van der Waals surface area contributed by atoms with Crippen molar-refractivity contribution in [3.8, 4) is 0 Å². The zero-order chi connectivity index (χ0) is 6.83. The van der Waals surface area contributed by atoms with Gasteiger partial charge in [0.15, 0.2) is 0 Å². The van der Waals surface area contributed by atoms with E-state index in [1.165, 1.54) is 0 Å². The van der Waals surface area contributed by atoms with Crippen LogP contribution in [-0.4, -0.2) is 46.9 Å². The van der Waals surface area contributed by atoms with Gasteiger partial charge in [0.05, 0.1) is 26.4 Å². The van der Waals surface area contributed by atoms with Crippen molar-refractivity contribution < 1.29 is 37.5 Å². The van der Waals surface area contributed by atoms with Crippen LogP contribution in [0.3, 0.4) is 0 Å². The fraction of sp³-hybridized carbons (Fsp3) is 1.00. The SMILES string of the molecule is OCCO.OCCO.[Cu]. The molecule has 4 nitrogen and oxygen atoms in total. The van der Waals surface area contributed by atoms with Crippen LogP contribution >= 0.6 is 0 Å². The van der Waals surface area contributed by atoms with Gasteiger partial charge in [-0.3, -0.25) is 0 Å². The molecule has 0 unspecified atom stereocenters. The summed E-state index contributed by atoms with van der Waals surface area (Å²) in [6, 6.07) is 0. The first-order valence-corrected chi connectivity index (χ1v) is 2.26. The summed E-state index contributed by atoms with van der Waals surface area (Å²) in [5.74, 6) is 0. The minimum atomic E-state index is -0.125. The van der Waals surface area contributed by atoms with E-state index in [1.807, 2.05) is 0 Å². The molecule has 0 atom stereocenters. The van der Waals surface area contributed by atoms with Gasteiger partial charge in [-0.1, -0.05) is 0 Å². The van der Waals surface area contributed by atoms with Gasteiger partial charge >= 0.3 is 0 Å². The van der Waals surface area contributed by atoms with E-state index < -0.39 is 0 Å². The van der Waals surface area contributed by atoms with Crippen molar-refractivity contribution in [1.82, 2.24) is 0 Å². The Morgan fingerprint density at radius 2 is 0.667 bits per heavy atom. The predicted octanol–water partition coefficient (Wildman–Crippen LogP) is -2.06. The van der Waals surface area contributed by atoms with Crippen molar-refractivity contribution in [2.24, 2.45) is 0 Å². The molecule has 1 radical (unpaired) electrons. The summed E-state index contributed by atoms with van der Waals surface area (Å²) < 4.78 is 0. The molecule has 0 spiro atoms. The molecule has 0 amide bonds. The largest absolute Gasteiger partial charge is 0.394 e. The Labute approximate surface area is 64.6 Å². The molecule has 0 aromatic carbocycles. The van der Waals surface area contributed by atoms with Crippen LogP contribution < -0.4 is 0 Å². The minimum absolute atomic E-state index is 0. The number of rotatable bonds is 2. The molecule has 5 heteroatoms. The maximum Gasteiger partial charge on any atom is 0.0662 e. The molecule has 0 rings (SSSR count). The number of hydrogen-bond acceptors (Lipinski definition) is 4. The minimum Gasteiger partial charge on any atom is -0.394 e. The second-order valence-corrected chi connectivity index (χ2v) is 0.894. The third-order valence-electron chi connectivity index (χ3n) is 0.200. The molecular formula is C4H12CuO4. The molecule has 0 aliphatic rings. The van der Waals surface area contributed by atoms with Crippen LogP contribution in [0.2, 0.25) is 0 Å². The van der Waals surface area contributed by atoms with Crippen molar-refractivity contribution in [1.29, 1.82) is 0 Å². The first-order chi connectivity index (χ1) is 3.83. The third-order valence-corrected chi connectivity index (χ3v) is 0.200. The summed E-state index contributed by atoms with van der Waals surface area (Å²) in [5, 5.41) is 30.5. The maximum atomic E-state index is 7.62. The Balaban J connectivity index is -0.0000000720. The summed E-state index contributed by atoms with van der Waals surface area (Å²) in [4.78, 5) is 0. The molecule has 0 aliphatic heterocycles. The monoisotopic (exact) mass is 187 g/mol. The molecule has 0 saturated heterocycles. The van der Waals surface area contributed by atoms with E-state index in [0.29, 0.717) is 0 Å². The summed E-state index contributed by atoms with van der Waals surface area (Å²) in [7, 11) is 0. The molecule has 0 aromatic rings. The van der Waals surface area contributed by atoms with Crippen LogP contribution in [0.4, 0.5) is 0 Å². The fourth-order valence-electron chi connectivity index (χ4n) is 0. The Hall–Kier alpha value is 0.359. The van der Waals surface area contributed by atoms with Gasteiger partial charge in [-0.2, -0.15) is 0 Å². The van der Waals surface area contributed by atoms with Gasteiger partial charge in [-0.05, 0) is 0 Å². The molecule has 0 saturated carbocycles. The first-order valence-electron chi connectivity index (χ1n) is 2.26. The van der Waals surface area contributed by atoms with Crippen LogP contribution in [0.1, 0.15) is 0 Å². The standard InChI is InChI=1S/2C2H6O2.Cu/c2*3-1-2-4;/h2*3-4H,1-2H2;. The Morgan fingerprint density at radius 3 is 0.667 bits per heavy atom. The molecule has 4 N–H and O–H groups in total. The van der Waals surface area contributed by atoms with Gasteiger partial charge in [-0.25, -0.2) is 0 Å². The van der Waals surface area contributed by atoms with Gasteiger partial charge in [0.25, 0.3) is 0 Å². The molecular weight excluding hydrogens is 176 g/mol. The summed E-state index contributed by atoms with van der Waals surface area (Å²) in [6.07, 6.45) is 0. The molecule has 63 valence electrons. The van der Waals surface area contributed by atoms with E-state index in [9.17, 15) is 0 Å². The first kappa shape index (κ1) is 16.2. The zero-order valence-electron chi connectivity index (χ0n) is 4.92. The summed E-state index contributed by atoms with van der Waals surface area (Å²) in [5.41, 5.74) is 0. The van der Waals surface area contributed by atoms with Gasteiger partial charge in [-0.15, -0.1) is 0 Å². The average Bonchev–Trinajstić information content (AvgIpc) is 1.88. The maximum absolute atomic E-state index is 7.62. The van der Waals surface area contributed by atoms with Crippen molar-refractivity contribution in [2.75, 3.05) is 26.4 Å². The van der Waals surface area contributed by atoms with Gasteiger partial charge in [0.2, 0.25) is 0 Å². The van der Waals surface area contributed by atoms with Crippen molar-refractivity contribution in [3.63, 3.8) is 0 Å². The van der Waals surface area contributed by atoms with Gasteiger partial charge in [0, 0.05) is 17.1 Å². The Bertz CT molecular complexity index is 20.5. The molecule has 0 heterocycles. The van der Waals surface area contributed by atoms with Crippen LogP contribution in [0.25, 0.3) is 0 Å². The smallest absolute Gasteiger partial charge is 0.0662 e. The normalized spacial score (nSPS) is 6.67. The second kappa shape index (κ2) is 23.8. The topological polar surface area (TPSA) is 80.9 Å².